The number of aliphatic hydroxyl groups is 1. The predicted octanol–water partition coefficient (Wildman–Crippen LogP) is 2.90. The number of fused-ring (bicyclic) bond motifs is 1. The first-order valence-corrected chi connectivity index (χ1v) is 6.63. The van der Waals surface area contributed by atoms with Crippen molar-refractivity contribution in [3.63, 3.8) is 0 Å². The van der Waals surface area contributed by atoms with Crippen LogP contribution in [0, 0.1) is 6.92 Å². The molecular formula is C15H23NO. The van der Waals surface area contributed by atoms with E-state index in [1.165, 1.54) is 16.7 Å². The third-order valence-electron chi connectivity index (χ3n) is 3.97. The lowest BCUT2D eigenvalue weighted by atomic mass is 9.98. The molecule has 0 radical (unpaired) electrons. The quantitative estimate of drug-likeness (QED) is 0.838. The molecule has 0 spiro atoms. The van der Waals surface area contributed by atoms with Crippen LogP contribution in [0.3, 0.4) is 0 Å². The molecule has 1 aromatic rings. The maximum Gasteiger partial charge on any atom is 0.0584 e. The van der Waals surface area contributed by atoms with E-state index in [4.69, 9.17) is 0 Å². The fraction of sp³-hybridized carbons (Fsp3) is 0.600. The van der Waals surface area contributed by atoms with E-state index in [2.05, 4.69) is 44.3 Å². The lowest BCUT2D eigenvalue weighted by Gasteiger charge is -2.21. The number of hydrogen-bond acceptors (Lipinski definition) is 2. The molecule has 0 aromatic heterocycles. The Balaban J connectivity index is 2.22. The van der Waals surface area contributed by atoms with Gasteiger partial charge in [0.1, 0.15) is 0 Å². The van der Waals surface area contributed by atoms with Crippen LogP contribution in [0.4, 0.5) is 0 Å². The van der Waals surface area contributed by atoms with Crippen LogP contribution in [0.1, 0.15) is 55.3 Å². The first-order chi connectivity index (χ1) is 8.17. The fourth-order valence-corrected chi connectivity index (χ4v) is 3.02. The fourth-order valence-electron chi connectivity index (χ4n) is 3.02. The van der Waals surface area contributed by atoms with Gasteiger partial charge in [0.15, 0.2) is 0 Å². The molecule has 0 fully saturated rings. The van der Waals surface area contributed by atoms with E-state index >= 15 is 0 Å². The number of aliphatic hydroxyl groups excluding tert-OH is 1. The third kappa shape index (κ3) is 2.38. The molecular weight excluding hydrogens is 210 g/mol. The predicted molar refractivity (Wildman–Crippen MR) is 71.3 cm³/mol. The average molecular weight is 233 g/mol. The summed E-state index contributed by atoms with van der Waals surface area (Å²) in [5, 5.41) is 12.9. The van der Waals surface area contributed by atoms with Crippen molar-refractivity contribution in [3.05, 3.63) is 34.9 Å². The molecule has 2 N–H and O–H groups in total. The Morgan fingerprint density at radius 2 is 2.24 bits per heavy atom. The summed E-state index contributed by atoms with van der Waals surface area (Å²) in [6.07, 6.45) is 2.12. The van der Waals surface area contributed by atoms with E-state index in [0.29, 0.717) is 12.0 Å². The van der Waals surface area contributed by atoms with E-state index in [1.807, 2.05) is 0 Å². The Labute approximate surface area is 104 Å². The summed E-state index contributed by atoms with van der Waals surface area (Å²) in [6.45, 7) is 6.83. The molecule has 0 saturated carbocycles. The van der Waals surface area contributed by atoms with Crippen LogP contribution < -0.4 is 5.32 Å². The molecule has 0 aliphatic heterocycles. The highest BCUT2D eigenvalue weighted by molar-refractivity contribution is 5.43. The minimum atomic E-state index is 0.221. The van der Waals surface area contributed by atoms with Crippen LogP contribution in [0.25, 0.3) is 0 Å². The molecule has 1 aliphatic carbocycles. The van der Waals surface area contributed by atoms with Gasteiger partial charge in [0.05, 0.1) is 6.61 Å². The van der Waals surface area contributed by atoms with Gasteiger partial charge in [-0.05, 0) is 42.4 Å². The van der Waals surface area contributed by atoms with Gasteiger partial charge in [-0.2, -0.15) is 0 Å². The van der Waals surface area contributed by atoms with Gasteiger partial charge in [-0.15, -0.1) is 0 Å². The Hall–Kier alpha value is -0.860. The Morgan fingerprint density at radius 1 is 1.47 bits per heavy atom. The van der Waals surface area contributed by atoms with Gasteiger partial charge in [-0.1, -0.05) is 32.0 Å². The summed E-state index contributed by atoms with van der Waals surface area (Å²) < 4.78 is 0. The van der Waals surface area contributed by atoms with Crippen LogP contribution in [0.5, 0.6) is 0 Å². The summed E-state index contributed by atoms with van der Waals surface area (Å²) in [6, 6.07) is 7.20. The average Bonchev–Trinajstić information content (AvgIpc) is 2.64. The minimum Gasteiger partial charge on any atom is -0.395 e. The van der Waals surface area contributed by atoms with E-state index in [1.54, 1.807) is 0 Å². The second-order valence-corrected chi connectivity index (χ2v) is 5.22. The summed E-state index contributed by atoms with van der Waals surface area (Å²) in [7, 11) is 0. The topological polar surface area (TPSA) is 32.3 Å². The number of rotatable bonds is 4. The molecule has 0 amide bonds. The van der Waals surface area contributed by atoms with Gasteiger partial charge in [-0.25, -0.2) is 0 Å². The van der Waals surface area contributed by atoms with Crippen molar-refractivity contribution in [2.24, 2.45) is 0 Å². The second-order valence-electron chi connectivity index (χ2n) is 5.22. The highest BCUT2D eigenvalue weighted by Crippen LogP contribution is 2.41. The standard InChI is InChI=1S/C15H23NO/c1-4-12(9-17)16-14-8-11(3)15-10(2)6-5-7-13(14)15/h5-7,11-12,14,16-17H,4,8-9H2,1-3H3. The lowest BCUT2D eigenvalue weighted by Crippen LogP contribution is -2.34. The van der Waals surface area contributed by atoms with Crippen molar-refractivity contribution >= 4 is 0 Å². The van der Waals surface area contributed by atoms with Crippen LogP contribution in [-0.4, -0.2) is 17.8 Å². The van der Waals surface area contributed by atoms with Gasteiger partial charge in [0.2, 0.25) is 0 Å². The maximum atomic E-state index is 9.29. The number of aryl methyl sites for hydroxylation is 1. The zero-order valence-electron chi connectivity index (χ0n) is 11.0. The van der Waals surface area contributed by atoms with Crippen molar-refractivity contribution < 1.29 is 5.11 Å². The maximum absolute atomic E-state index is 9.29. The Bertz CT molecular complexity index is 385. The van der Waals surface area contributed by atoms with Gasteiger partial charge < -0.3 is 10.4 Å². The first kappa shape index (κ1) is 12.6. The monoisotopic (exact) mass is 233 g/mol. The molecule has 2 rings (SSSR count). The zero-order valence-corrected chi connectivity index (χ0v) is 11.0. The van der Waals surface area contributed by atoms with Crippen molar-refractivity contribution in [3.8, 4) is 0 Å². The number of hydrogen-bond donors (Lipinski definition) is 2. The zero-order chi connectivity index (χ0) is 12.4. The number of benzene rings is 1. The van der Waals surface area contributed by atoms with Crippen molar-refractivity contribution in [1.29, 1.82) is 0 Å². The summed E-state index contributed by atoms with van der Waals surface area (Å²) in [5.74, 6) is 0.625. The molecule has 2 nitrogen and oxygen atoms in total. The summed E-state index contributed by atoms with van der Waals surface area (Å²) in [4.78, 5) is 0. The van der Waals surface area contributed by atoms with E-state index < -0.39 is 0 Å². The number of nitrogens with one attached hydrogen (secondary N) is 1. The SMILES string of the molecule is CCC(CO)NC1CC(C)c2c(C)cccc21. The molecule has 1 aliphatic rings. The van der Waals surface area contributed by atoms with Crippen molar-refractivity contribution in [2.75, 3.05) is 6.61 Å². The molecule has 1 aromatic carbocycles. The summed E-state index contributed by atoms with van der Waals surface area (Å²) >= 11 is 0. The lowest BCUT2D eigenvalue weighted by molar-refractivity contribution is 0.226. The minimum absolute atomic E-state index is 0.221. The third-order valence-corrected chi connectivity index (χ3v) is 3.97. The normalized spacial score (nSPS) is 24.7. The van der Waals surface area contributed by atoms with Gasteiger partial charge >= 0.3 is 0 Å². The van der Waals surface area contributed by atoms with Gasteiger partial charge in [0.25, 0.3) is 0 Å². The van der Waals surface area contributed by atoms with Crippen LogP contribution in [-0.2, 0) is 0 Å². The van der Waals surface area contributed by atoms with Crippen LogP contribution in [0.15, 0.2) is 18.2 Å². The molecule has 17 heavy (non-hydrogen) atoms. The highest BCUT2D eigenvalue weighted by atomic mass is 16.3. The molecule has 3 atom stereocenters. The van der Waals surface area contributed by atoms with Gasteiger partial charge in [-0.3, -0.25) is 0 Å². The molecule has 0 heterocycles. The highest BCUT2D eigenvalue weighted by Gasteiger charge is 2.29. The summed E-state index contributed by atoms with van der Waals surface area (Å²) in [5.41, 5.74) is 4.35. The second kappa shape index (κ2) is 5.19. The molecule has 2 heteroatoms. The van der Waals surface area contributed by atoms with Crippen LogP contribution >= 0.6 is 0 Å². The smallest absolute Gasteiger partial charge is 0.0584 e. The molecule has 0 saturated heterocycles. The van der Waals surface area contributed by atoms with E-state index in [0.717, 1.165) is 12.8 Å². The Kier molecular flexibility index (Phi) is 3.85. The van der Waals surface area contributed by atoms with Gasteiger partial charge in [0, 0.05) is 12.1 Å². The van der Waals surface area contributed by atoms with E-state index in [9.17, 15) is 5.11 Å². The van der Waals surface area contributed by atoms with Crippen molar-refractivity contribution in [2.45, 2.75) is 51.6 Å². The molecule has 0 bridgehead atoms. The van der Waals surface area contributed by atoms with Crippen molar-refractivity contribution in [1.82, 2.24) is 5.32 Å². The first-order valence-electron chi connectivity index (χ1n) is 6.63. The Morgan fingerprint density at radius 3 is 2.88 bits per heavy atom. The van der Waals surface area contributed by atoms with Crippen LogP contribution in [0.2, 0.25) is 0 Å². The molecule has 94 valence electrons. The largest absolute Gasteiger partial charge is 0.395 e. The molecule has 3 unspecified atom stereocenters. The van der Waals surface area contributed by atoms with E-state index in [-0.39, 0.29) is 12.6 Å².